The highest BCUT2D eigenvalue weighted by atomic mass is 19.1. The Morgan fingerprint density at radius 2 is 2.00 bits per heavy atom. The first-order valence-corrected chi connectivity index (χ1v) is 4.47. The maximum atomic E-state index is 13.3. The molecule has 0 fully saturated rings. The molecule has 1 aliphatic rings. The third-order valence-electron chi connectivity index (χ3n) is 2.64. The highest BCUT2D eigenvalue weighted by molar-refractivity contribution is 5.83. The van der Waals surface area contributed by atoms with Crippen molar-refractivity contribution < 1.29 is 9.18 Å². The fourth-order valence-corrected chi connectivity index (χ4v) is 1.85. The van der Waals surface area contributed by atoms with Crippen LogP contribution in [0.15, 0.2) is 12.1 Å². The van der Waals surface area contributed by atoms with Gasteiger partial charge in [-0.2, -0.15) is 0 Å². The summed E-state index contributed by atoms with van der Waals surface area (Å²) in [5.41, 5.74) is 2.69. The number of aryl methyl sites for hydroxylation is 1. The Kier molecular flexibility index (Phi) is 1.91. The van der Waals surface area contributed by atoms with Crippen LogP contribution in [0.3, 0.4) is 0 Å². The van der Waals surface area contributed by atoms with Gasteiger partial charge in [0, 0.05) is 12.8 Å². The van der Waals surface area contributed by atoms with E-state index in [1.807, 2.05) is 6.92 Å². The molecule has 1 nitrogen and oxygen atoms in total. The van der Waals surface area contributed by atoms with E-state index in [-0.39, 0.29) is 11.6 Å². The Balaban J connectivity index is 2.57. The molecule has 0 N–H and O–H groups in total. The molecule has 0 spiro atoms. The van der Waals surface area contributed by atoms with Crippen LogP contribution in [-0.2, 0) is 17.6 Å². The van der Waals surface area contributed by atoms with Gasteiger partial charge in [-0.3, -0.25) is 4.79 Å². The van der Waals surface area contributed by atoms with Crippen molar-refractivity contribution in [1.82, 2.24) is 0 Å². The van der Waals surface area contributed by atoms with Crippen molar-refractivity contribution in [2.45, 2.75) is 26.2 Å². The molecule has 0 heterocycles. The third-order valence-corrected chi connectivity index (χ3v) is 2.64. The van der Waals surface area contributed by atoms with Gasteiger partial charge in [0.05, 0.1) is 0 Å². The van der Waals surface area contributed by atoms with Crippen molar-refractivity contribution in [3.63, 3.8) is 0 Å². The summed E-state index contributed by atoms with van der Waals surface area (Å²) in [5.74, 6) is 0.0642. The van der Waals surface area contributed by atoms with Gasteiger partial charge < -0.3 is 0 Å². The summed E-state index contributed by atoms with van der Waals surface area (Å²) in [5, 5.41) is 0. The molecular formula is C11H11FO. The lowest BCUT2D eigenvalue weighted by molar-refractivity contribution is -0.118. The van der Waals surface area contributed by atoms with E-state index in [0.29, 0.717) is 19.3 Å². The van der Waals surface area contributed by atoms with E-state index < -0.39 is 0 Å². The second-order valence-corrected chi connectivity index (χ2v) is 3.54. The van der Waals surface area contributed by atoms with Crippen LogP contribution in [0.1, 0.15) is 23.1 Å². The predicted molar refractivity (Wildman–Crippen MR) is 48.2 cm³/mol. The number of carbonyl (C=O) groups excluding carboxylic acids is 1. The molecule has 2 rings (SSSR count). The molecule has 1 aromatic carbocycles. The second-order valence-electron chi connectivity index (χ2n) is 3.54. The highest BCUT2D eigenvalue weighted by Gasteiger charge is 2.19. The minimum Gasteiger partial charge on any atom is -0.299 e. The fourth-order valence-electron chi connectivity index (χ4n) is 1.85. The van der Waals surface area contributed by atoms with E-state index in [9.17, 15) is 9.18 Å². The molecular weight excluding hydrogens is 167 g/mol. The SMILES string of the molecule is Cc1ccc(F)c2c1CC(=O)CC2. The van der Waals surface area contributed by atoms with Gasteiger partial charge in [-0.1, -0.05) is 6.07 Å². The van der Waals surface area contributed by atoms with Gasteiger partial charge in [0.15, 0.2) is 0 Å². The van der Waals surface area contributed by atoms with Crippen LogP contribution < -0.4 is 0 Å². The van der Waals surface area contributed by atoms with Crippen molar-refractivity contribution in [2.24, 2.45) is 0 Å². The Bertz CT molecular complexity index is 369. The minimum atomic E-state index is -0.159. The van der Waals surface area contributed by atoms with Gasteiger partial charge in [0.25, 0.3) is 0 Å². The van der Waals surface area contributed by atoms with Gasteiger partial charge >= 0.3 is 0 Å². The molecule has 1 aliphatic carbocycles. The maximum Gasteiger partial charge on any atom is 0.137 e. The van der Waals surface area contributed by atoms with E-state index >= 15 is 0 Å². The molecule has 0 aliphatic heterocycles. The van der Waals surface area contributed by atoms with Crippen molar-refractivity contribution in [3.8, 4) is 0 Å². The van der Waals surface area contributed by atoms with Gasteiger partial charge in [-0.25, -0.2) is 4.39 Å². The van der Waals surface area contributed by atoms with Crippen molar-refractivity contribution >= 4 is 5.78 Å². The van der Waals surface area contributed by atoms with Crippen LogP contribution in [0, 0.1) is 12.7 Å². The summed E-state index contributed by atoms with van der Waals surface area (Å²) in [6, 6.07) is 3.23. The van der Waals surface area contributed by atoms with Gasteiger partial charge in [-0.15, -0.1) is 0 Å². The molecule has 2 heteroatoms. The van der Waals surface area contributed by atoms with Crippen LogP contribution in [0.25, 0.3) is 0 Å². The number of fused-ring (bicyclic) bond motifs is 1. The van der Waals surface area contributed by atoms with E-state index in [1.165, 1.54) is 6.07 Å². The Morgan fingerprint density at radius 1 is 1.23 bits per heavy atom. The van der Waals surface area contributed by atoms with Crippen molar-refractivity contribution in [1.29, 1.82) is 0 Å². The molecule has 0 unspecified atom stereocenters. The number of benzene rings is 1. The largest absolute Gasteiger partial charge is 0.299 e. The molecule has 0 bridgehead atoms. The Labute approximate surface area is 76.6 Å². The summed E-state index contributed by atoms with van der Waals surface area (Å²) in [7, 11) is 0. The summed E-state index contributed by atoms with van der Waals surface area (Å²) in [6.07, 6.45) is 1.48. The monoisotopic (exact) mass is 178 g/mol. The molecule has 0 atom stereocenters. The van der Waals surface area contributed by atoms with Gasteiger partial charge in [0.2, 0.25) is 0 Å². The molecule has 0 saturated carbocycles. The molecule has 1 aromatic rings. The predicted octanol–water partition coefficient (Wildman–Crippen LogP) is 2.19. The quantitative estimate of drug-likeness (QED) is 0.595. The Hall–Kier alpha value is -1.18. The smallest absolute Gasteiger partial charge is 0.137 e. The van der Waals surface area contributed by atoms with E-state index in [1.54, 1.807) is 6.07 Å². The number of hydrogen-bond acceptors (Lipinski definition) is 1. The van der Waals surface area contributed by atoms with Crippen molar-refractivity contribution in [2.75, 3.05) is 0 Å². The van der Waals surface area contributed by atoms with Crippen LogP contribution >= 0.6 is 0 Å². The number of hydrogen-bond donors (Lipinski definition) is 0. The third kappa shape index (κ3) is 1.37. The highest BCUT2D eigenvalue weighted by Crippen LogP contribution is 2.24. The van der Waals surface area contributed by atoms with Crippen LogP contribution in [0.5, 0.6) is 0 Å². The lowest BCUT2D eigenvalue weighted by Gasteiger charge is -2.17. The number of halogens is 1. The molecule has 0 amide bonds. The van der Waals surface area contributed by atoms with Crippen LogP contribution in [0.4, 0.5) is 4.39 Å². The molecule has 0 aromatic heterocycles. The van der Waals surface area contributed by atoms with Crippen LogP contribution in [0.2, 0.25) is 0 Å². The second kappa shape index (κ2) is 2.95. The number of ketones is 1. The molecule has 13 heavy (non-hydrogen) atoms. The average molecular weight is 178 g/mol. The van der Waals surface area contributed by atoms with E-state index in [0.717, 1.165) is 16.7 Å². The molecule has 68 valence electrons. The summed E-state index contributed by atoms with van der Waals surface area (Å²) < 4.78 is 13.3. The van der Waals surface area contributed by atoms with Crippen molar-refractivity contribution in [3.05, 3.63) is 34.6 Å². The lowest BCUT2D eigenvalue weighted by Crippen LogP contribution is -2.15. The van der Waals surface area contributed by atoms with E-state index in [2.05, 4.69) is 0 Å². The number of Topliss-reactive ketones (excluding diaryl/α,β-unsaturated/α-hetero) is 1. The first-order valence-electron chi connectivity index (χ1n) is 4.47. The molecule has 0 radical (unpaired) electrons. The number of rotatable bonds is 0. The minimum absolute atomic E-state index is 0.159. The Morgan fingerprint density at radius 3 is 2.77 bits per heavy atom. The first kappa shape index (κ1) is 8.42. The first-order chi connectivity index (χ1) is 6.18. The lowest BCUT2D eigenvalue weighted by atomic mass is 9.87. The van der Waals surface area contributed by atoms with E-state index in [4.69, 9.17) is 0 Å². The van der Waals surface area contributed by atoms with Gasteiger partial charge in [0.1, 0.15) is 11.6 Å². The fraction of sp³-hybridized carbons (Fsp3) is 0.364. The topological polar surface area (TPSA) is 17.1 Å². The molecule has 0 saturated heterocycles. The maximum absolute atomic E-state index is 13.3. The number of carbonyl (C=O) groups is 1. The zero-order valence-corrected chi connectivity index (χ0v) is 7.56. The normalized spacial score (nSPS) is 15.7. The van der Waals surface area contributed by atoms with Crippen LogP contribution in [-0.4, -0.2) is 5.78 Å². The summed E-state index contributed by atoms with van der Waals surface area (Å²) in [6.45, 7) is 1.93. The van der Waals surface area contributed by atoms with Gasteiger partial charge in [-0.05, 0) is 36.1 Å². The summed E-state index contributed by atoms with van der Waals surface area (Å²) in [4.78, 5) is 11.2. The average Bonchev–Trinajstić information content (AvgIpc) is 2.12. The zero-order valence-electron chi connectivity index (χ0n) is 7.56. The summed E-state index contributed by atoms with van der Waals surface area (Å²) >= 11 is 0. The zero-order chi connectivity index (χ0) is 9.42. The standard InChI is InChI=1S/C11H11FO/c1-7-2-5-11(12)9-4-3-8(13)6-10(7)9/h2,5H,3-4,6H2,1H3.